The fourth-order valence-corrected chi connectivity index (χ4v) is 2.91. The summed E-state index contributed by atoms with van der Waals surface area (Å²) in [6.07, 6.45) is 0.302. The van der Waals surface area contributed by atoms with Gasteiger partial charge in [0.2, 0.25) is 5.95 Å². The lowest BCUT2D eigenvalue weighted by atomic mass is 10.0. The molecule has 4 nitrogen and oxygen atoms in total. The second-order valence-electron chi connectivity index (χ2n) is 6.40. The van der Waals surface area contributed by atoms with Crippen LogP contribution in [-0.2, 0) is 6.18 Å². The third kappa shape index (κ3) is 4.27. The third-order valence-electron chi connectivity index (χ3n) is 4.34. The average molecular weight is 410 g/mol. The fourth-order valence-electron chi connectivity index (χ4n) is 2.91. The molecule has 4 aromatic rings. The minimum atomic E-state index is -4.45. The maximum absolute atomic E-state index is 13.3. The Kier molecular flexibility index (Phi) is 5.14. The zero-order valence-corrected chi connectivity index (χ0v) is 15.4. The minimum Gasteiger partial charge on any atom is -0.324 e. The fraction of sp³-hybridized carbons (Fsp3) is 0.0455. The summed E-state index contributed by atoms with van der Waals surface area (Å²) < 4.78 is 52.2. The molecule has 4 rings (SSSR count). The first kappa shape index (κ1) is 19.5. The molecular weight excluding hydrogens is 396 g/mol. The summed E-state index contributed by atoms with van der Waals surface area (Å²) in [5.41, 5.74) is 2.06. The maximum atomic E-state index is 13.3. The van der Waals surface area contributed by atoms with E-state index in [2.05, 4.69) is 20.3 Å². The molecule has 0 spiro atoms. The van der Waals surface area contributed by atoms with E-state index in [0.717, 1.165) is 17.7 Å². The number of aromatic nitrogens is 3. The molecule has 0 bridgehead atoms. The molecule has 2 aromatic heterocycles. The average Bonchev–Trinajstić information content (AvgIpc) is 2.75. The van der Waals surface area contributed by atoms with Crippen LogP contribution in [0.15, 0.2) is 79.3 Å². The van der Waals surface area contributed by atoms with Gasteiger partial charge >= 0.3 is 6.18 Å². The molecule has 0 unspecified atom stereocenters. The highest BCUT2D eigenvalue weighted by molar-refractivity contribution is 5.81. The molecule has 0 saturated carbocycles. The predicted molar refractivity (Wildman–Crippen MR) is 105 cm³/mol. The van der Waals surface area contributed by atoms with Crippen molar-refractivity contribution in [2.24, 2.45) is 0 Å². The highest BCUT2D eigenvalue weighted by Crippen LogP contribution is 2.33. The topological polar surface area (TPSA) is 50.7 Å². The van der Waals surface area contributed by atoms with Crippen LogP contribution in [-0.4, -0.2) is 15.0 Å². The molecule has 150 valence electrons. The van der Waals surface area contributed by atoms with E-state index < -0.39 is 11.7 Å². The molecule has 1 N–H and O–H groups in total. The molecule has 0 radical (unpaired) electrons. The van der Waals surface area contributed by atoms with Gasteiger partial charge in [0, 0.05) is 35.4 Å². The highest BCUT2D eigenvalue weighted by Gasteiger charge is 2.30. The first-order valence-corrected chi connectivity index (χ1v) is 8.88. The van der Waals surface area contributed by atoms with Gasteiger partial charge in [-0.1, -0.05) is 18.2 Å². The highest BCUT2D eigenvalue weighted by atomic mass is 19.4. The van der Waals surface area contributed by atoms with Crippen molar-refractivity contribution in [1.82, 2.24) is 15.0 Å². The van der Waals surface area contributed by atoms with Crippen LogP contribution in [0.25, 0.3) is 22.4 Å². The molecule has 2 heterocycles. The summed E-state index contributed by atoms with van der Waals surface area (Å²) in [5, 5.41) is 2.82. The van der Waals surface area contributed by atoms with Crippen molar-refractivity contribution in [3.8, 4) is 22.4 Å². The van der Waals surface area contributed by atoms with Gasteiger partial charge < -0.3 is 5.32 Å². The number of benzene rings is 2. The largest absolute Gasteiger partial charge is 0.416 e. The molecule has 30 heavy (non-hydrogen) atoms. The van der Waals surface area contributed by atoms with Crippen molar-refractivity contribution >= 4 is 11.6 Å². The van der Waals surface area contributed by atoms with E-state index in [1.165, 1.54) is 24.3 Å². The number of alkyl halides is 3. The summed E-state index contributed by atoms with van der Waals surface area (Å²) in [4.78, 5) is 12.7. The number of anilines is 2. The van der Waals surface area contributed by atoms with Crippen LogP contribution in [0.2, 0.25) is 0 Å². The molecular formula is C22H14F4N4. The SMILES string of the molecule is Fc1ccc(-c2cnc(Nc3cccc(C(F)(F)F)c3)nc2-c2ccncc2)cc1. The van der Waals surface area contributed by atoms with E-state index in [0.29, 0.717) is 16.8 Å². The Hall–Kier alpha value is -3.81. The molecule has 0 aliphatic carbocycles. The van der Waals surface area contributed by atoms with Gasteiger partial charge in [-0.3, -0.25) is 4.98 Å². The van der Waals surface area contributed by atoms with Crippen LogP contribution in [0, 0.1) is 5.82 Å². The second kappa shape index (κ2) is 7.90. The number of hydrogen-bond donors (Lipinski definition) is 1. The standard InChI is InChI=1S/C22H14F4N4/c23-17-6-4-14(5-7-17)19-13-28-21(30-20(19)15-8-10-27-11-9-15)29-18-3-1-2-16(12-18)22(24,25)26/h1-13H,(H,28,29,30). The Morgan fingerprint density at radius 1 is 0.833 bits per heavy atom. The predicted octanol–water partition coefficient (Wildman–Crippen LogP) is 6.11. The van der Waals surface area contributed by atoms with E-state index in [-0.39, 0.29) is 17.5 Å². The van der Waals surface area contributed by atoms with Gasteiger partial charge in [-0.25, -0.2) is 14.4 Å². The Balaban J connectivity index is 1.75. The molecule has 0 aliphatic rings. The van der Waals surface area contributed by atoms with Gasteiger partial charge in [-0.05, 0) is 48.0 Å². The number of halogens is 4. The van der Waals surface area contributed by atoms with E-state index in [1.54, 1.807) is 42.9 Å². The van der Waals surface area contributed by atoms with Gasteiger partial charge in [0.25, 0.3) is 0 Å². The van der Waals surface area contributed by atoms with E-state index in [9.17, 15) is 17.6 Å². The molecule has 0 amide bonds. The summed E-state index contributed by atoms with van der Waals surface area (Å²) in [5.74, 6) is -0.236. The smallest absolute Gasteiger partial charge is 0.324 e. The quantitative estimate of drug-likeness (QED) is 0.413. The van der Waals surface area contributed by atoms with Gasteiger partial charge in [0.1, 0.15) is 5.82 Å². The normalized spacial score (nSPS) is 11.3. The van der Waals surface area contributed by atoms with E-state index >= 15 is 0 Å². The summed E-state index contributed by atoms with van der Waals surface area (Å²) >= 11 is 0. The van der Waals surface area contributed by atoms with Gasteiger partial charge in [-0.15, -0.1) is 0 Å². The number of nitrogens with zero attached hydrogens (tertiary/aromatic N) is 3. The Labute approximate surface area is 169 Å². The van der Waals surface area contributed by atoms with Crippen molar-refractivity contribution in [3.05, 3.63) is 90.6 Å². The number of rotatable bonds is 4. The lowest BCUT2D eigenvalue weighted by Crippen LogP contribution is -2.06. The first-order chi connectivity index (χ1) is 14.4. The zero-order chi connectivity index (χ0) is 21.1. The van der Waals surface area contributed by atoms with Crippen LogP contribution in [0.5, 0.6) is 0 Å². The molecule has 0 aliphatic heterocycles. The van der Waals surface area contributed by atoms with Crippen LogP contribution in [0.1, 0.15) is 5.56 Å². The minimum absolute atomic E-state index is 0.131. The van der Waals surface area contributed by atoms with Gasteiger partial charge in [-0.2, -0.15) is 13.2 Å². The monoisotopic (exact) mass is 410 g/mol. The van der Waals surface area contributed by atoms with Gasteiger partial charge in [0.15, 0.2) is 0 Å². The van der Waals surface area contributed by atoms with Gasteiger partial charge in [0.05, 0.1) is 11.3 Å². The first-order valence-electron chi connectivity index (χ1n) is 8.88. The molecule has 0 saturated heterocycles. The van der Waals surface area contributed by atoms with Crippen LogP contribution in [0.3, 0.4) is 0 Å². The van der Waals surface area contributed by atoms with Crippen LogP contribution in [0.4, 0.5) is 29.2 Å². The van der Waals surface area contributed by atoms with Crippen LogP contribution >= 0.6 is 0 Å². The molecule has 2 aromatic carbocycles. The number of hydrogen-bond acceptors (Lipinski definition) is 4. The van der Waals surface area contributed by atoms with Crippen LogP contribution < -0.4 is 5.32 Å². The third-order valence-corrected chi connectivity index (χ3v) is 4.34. The Morgan fingerprint density at radius 3 is 2.27 bits per heavy atom. The maximum Gasteiger partial charge on any atom is 0.416 e. The number of nitrogens with one attached hydrogen (secondary N) is 1. The number of pyridine rings is 1. The summed E-state index contributed by atoms with van der Waals surface area (Å²) in [6.45, 7) is 0. The zero-order valence-electron chi connectivity index (χ0n) is 15.4. The van der Waals surface area contributed by atoms with Crippen molar-refractivity contribution in [2.75, 3.05) is 5.32 Å². The summed E-state index contributed by atoms with van der Waals surface area (Å²) in [7, 11) is 0. The van der Waals surface area contributed by atoms with E-state index in [1.807, 2.05) is 0 Å². The second-order valence-corrected chi connectivity index (χ2v) is 6.40. The Bertz CT molecular complexity index is 1160. The van der Waals surface area contributed by atoms with Crippen molar-refractivity contribution in [3.63, 3.8) is 0 Å². The van der Waals surface area contributed by atoms with E-state index in [4.69, 9.17) is 0 Å². The lowest BCUT2D eigenvalue weighted by Gasteiger charge is -2.13. The van der Waals surface area contributed by atoms with Crippen molar-refractivity contribution < 1.29 is 17.6 Å². The summed E-state index contributed by atoms with van der Waals surface area (Å²) in [6, 6.07) is 14.2. The molecule has 0 fully saturated rings. The molecule has 8 heteroatoms. The van der Waals surface area contributed by atoms with Crippen molar-refractivity contribution in [2.45, 2.75) is 6.18 Å². The van der Waals surface area contributed by atoms with Crippen molar-refractivity contribution in [1.29, 1.82) is 0 Å². The molecule has 0 atom stereocenters. The lowest BCUT2D eigenvalue weighted by molar-refractivity contribution is -0.137. The Morgan fingerprint density at radius 2 is 1.57 bits per heavy atom.